The Hall–Kier alpha value is -3.45. The predicted octanol–water partition coefficient (Wildman–Crippen LogP) is 4.34. The molecule has 0 fully saturated rings. The fourth-order valence-corrected chi connectivity index (χ4v) is 3.17. The minimum Gasteiger partial charge on any atom is -0.497 e. The van der Waals surface area contributed by atoms with Gasteiger partial charge in [-0.3, -0.25) is 4.90 Å². The fraction of sp³-hybridized carbons (Fsp3) is 0.227. The molecule has 2 heterocycles. The lowest BCUT2D eigenvalue weighted by Gasteiger charge is -2.14. The highest BCUT2D eigenvalue weighted by molar-refractivity contribution is 5.77. The highest BCUT2D eigenvalue weighted by Gasteiger charge is 2.22. The van der Waals surface area contributed by atoms with Gasteiger partial charge in [-0.25, -0.2) is 0 Å². The van der Waals surface area contributed by atoms with Crippen molar-refractivity contribution in [3.8, 4) is 28.5 Å². The first-order chi connectivity index (χ1) is 14.1. The molecule has 0 saturated heterocycles. The lowest BCUT2D eigenvalue weighted by atomic mass is 10.1. The second-order valence-electron chi connectivity index (χ2n) is 6.85. The molecule has 29 heavy (non-hydrogen) atoms. The van der Waals surface area contributed by atoms with Gasteiger partial charge in [0, 0.05) is 12.1 Å². The Morgan fingerprint density at radius 2 is 1.72 bits per heavy atom. The number of benzene rings is 2. The normalized spacial score (nSPS) is 11.2. The van der Waals surface area contributed by atoms with Crippen molar-refractivity contribution in [2.45, 2.75) is 20.0 Å². The molecule has 0 unspecified atom stereocenters. The summed E-state index contributed by atoms with van der Waals surface area (Å²) in [6.45, 7) is 3.13. The molecule has 0 radical (unpaired) electrons. The largest absolute Gasteiger partial charge is 0.497 e. The van der Waals surface area contributed by atoms with Crippen LogP contribution in [-0.2, 0) is 13.1 Å². The number of rotatable bonds is 7. The molecule has 0 bridgehead atoms. The summed E-state index contributed by atoms with van der Waals surface area (Å²) >= 11 is 0. The number of hydrogen-bond donors (Lipinski definition) is 0. The second kappa shape index (κ2) is 8.28. The quantitative estimate of drug-likeness (QED) is 0.464. The zero-order valence-electron chi connectivity index (χ0n) is 16.6. The van der Waals surface area contributed by atoms with Crippen LogP contribution < -0.4 is 4.74 Å². The molecule has 0 aliphatic carbocycles. The summed E-state index contributed by atoms with van der Waals surface area (Å²) in [5, 5.41) is 12.6. The Morgan fingerprint density at radius 3 is 2.45 bits per heavy atom. The van der Waals surface area contributed by atoms with Gasteiger partial charge >= 0.3 is 0 Å². The van der Waals surface area contributed by atoms with Crippen molar-refractivity contribution in [3.63, 3.8) is 0 Å². The van der Waals surface area contributed by atoms with Crippen molar-refractivity contribution in [3.05, 3.63) is 71.8 Å². The number of ether oxygens (including phenoxy) is 1. The van der Waals surface area contributed by atoms with Crippen molar-refractivity contribution in [1.82, 2.24) is 20.3 Å². The number of aromatic nitrogens is 3. The highest BCUT2D eigenvalue weighted by atomic mass is 16.5. The Labute approximate surface area is 168 Å². The monoisotopic (exact) mass is 390 g/mol. The van der Waals surface area contributed by atoms with Crippen molar-refractivity contribution >= 4 is 0 Å². The third-order valence-electron chi connectivity index (χ3n) is 4.61. The van der Waals surface area contributed by atoms with Gasteiger partial charge < -0.3 is 13.7 Å². The zero-order valence-corrected chi connectivity index (χ0v) is 16.6. The molecule has 2 aromatic carbocycles. The molecule has 0 amide bonds. The van der Waals surface area contributed by atoms with Crippen LogP contribution in [0.3, 0.4) is 0 Å². The van der Waals surface area contributed by atoms with E-state index in [1.165, 1.54) is 5.56 Å². The Balaban J connectivity index is 1.49. The first-order valence-corrected chi connectivity index (χ1v) is 9.30. The van der Waals surface area contributed by atoms with Crippen LogP contribution in [0.15, 0.2) is 63.5 Å². The lowest BCUT2D eigenvalue weighted by molar-refractivity contribution is 0.282. The summed E-state index contributed by atoms with van der Waals surface area (Å²) < 4.78 is 16.5. The number of methoxy groups -OCH3 is 1. The second-order valence-corrected chi connectivity index (χ2v) is 6.85. The van der Waals surface area contributed by atoms with Gasteiger partial charge in [-0.15, -0.1) is 10.2 Å². The van der Waals surface area contributed by atoms with E-state index in [9.17, 15) is 0 Å². The van der Waals surface area contributed by atoms with Crippen molar-refractivity contribution < 1.29 is 13.7 Å². The van der Waals surface area contributed by atoms with Crippen LogP contribution >= 0.6 is 0 Å². The van der Waals surface area contributed by atoms with Gasteiger partial charge in [-0.05, 0) is 31.7 Å². The molecule has 2 aromatic heterocycles. The maximum atomic E-state index is 5.93. The summed E-state index contributed by atoms with van der Waals surface area (Å²) in [6, 6.07) is 17.8. The Kier molecular flexibility index (Phi) is 5.39. The number of aryl methyl sites for hydroxylation is 1. The Morgan fingerprint density at radius 1 is 0.966 bits per heavy atom. The van der Waals surface area contributed by atoms with E-state index in [1.807, 2.05) is 68.6 Å². The summed E-state index contributed by atoms with van der Waals surface area (Å²) in [4.78, 5) is 2.11. The minimum absolute atomic E-state index is 0.412. The van der Waals surface area contributed by atoms with E-state index in [4.69, 9.17) is 13.7 Å². The highest BCUT2D eigenvalue weighted by Crippen LogP contribution is 2.33. The van der Waals surface area contributed by atoms with E-state index in [0.29, 0.717) is 29.8 Å². The van der Waals surface area contributed by atoms with Crippen LogP contribution in [0.5, 0.6) is 5.75 Å². The third kappa shape index (κ3) is 4.20. The molecule has 0 aliphatic rings. The average Bonchev–Trinajstić information content (AvgIpc) is 3.35. The van der Waals surface area contributed by atoms with E-state index in [2.05, 4.69) is 20.3 Å². The number of hydrogen-bond acceptors (Lipinski definition) is 7. The third-order valence-corrected chi connectivity index (χ3v) is 4.61. The van der Waals surface area contributed by atoms with Crippen LogP contribution in [0, 0.1) is 6.92 Å². The van der Waals surface area contributed by atoms with E-state index in [0.717, 1.165) is 23.4 Å². The Bertz CT molecular complexity index is 1070. The lowest BCUT2D eigenvalue weighted by Crippen LogP contribution is -2.17. The molecule has 0 N–H and O–H groups in total. The SMILES string of the molecule is COc1ccc(CN(C)Cc2nnc(-c3c(-c4ccccc4)noc3C)o2)cc1. The summed E-state index contributed by atoms with van der Waals surface area (Å²) in [7, 11) is 3.67. The predicted molar refractivity (Wildman–Crippen MR) is 108 cm³/mol. The van der Waals surface area contributed by atoms with E-state index in [-0.39, 0.29) is 0 Å². The molecule has 7 heteroatoms. The van der Waals surface area contributed by atoms with Gasteiger partial charge in [0.1, 0.15) is 22.8 Å². The minimum atomic E-state index is 0.412. The molecule has 4 rings (SSSR count). The zero-order chi connectivity index (χ0) is 20.2. The maximum absolute atomic E-state index is 5.93. The van der Waals surface area contributed by atoms with Crippen LogP contribution in [0.4, 0.5) is 0 Å². The molecular weight excluding hydrogens is 368 g/mol. The van der Waals surface area contributed by atoms with Gasteiger partial charge in [0.2, 0.25) is 5.89 Å². The average molecular weight is 390 g/mol. The van der Waals surface area contributed by atoms with Crippen molar-refractivity contribution in [2.24, 2.45) is 0 Å². The van der Waals surface area contributed by atoms with Gasteiger partial charge in [0.05, 0.1) is 13.7 Å². The summed E-state index contributed by atoms with van der Waals surface area (Å²) in [5.74, 6) is 2.44. The van der Waals surface area contributed by atoms with Crippen molar-refractivity contribution in [2.75, 3.05) is 14.2 Å². The van der Waals surface area contributed by atoms with E-state index < -0.39 is 0 Å². The molecule has 0 saturated carbocycles. The van der Waals surface area contributed by atoms with Crippen LogP contribution in [0.25, 0.3) is 22.7 Å². The maximum Gasteiger partial charge on any atom is 0.253 e. The van der Waals surface area contributed by atoms with Gasteiger partial charge in [-0.1, -0.05) is 47.6 Å². The van der Waals surface area contributed by atoms with Gasteiger partial charge in [0.25, 0.3) is 5.89 Å². The molecule has 0 atom stereocenters. The van der Waals surface area contributed by atoms with E-state index in [1.54, 1.807) is 7.11 Å². The molecule has 0 spiro atoms. The smallest absolute Gasteiger partial charge is 0.253 e. The molecular formula is C22H22N4O3. The topological polar surface area (TPSA) is 77.4 Å². The first kappa shape index (κ1) is 18.9. The first-order valence-electron chi connectivity index (χ1n) is 9.30. The fourth-order valence-electron chi connectivity index (χ4n) is 3.17. The van der Waals surface area contributed by atoms with E-state index >= 15 is 0 Å². The summed E-state index contributed by atoms with van der Waals surface area (Å²) in [5.41, 5.74) is 3.54. The van der Waals surface area contributed by atoms with Crippen LogP contribution in [0.2, 0.25) is 0 Å². The standard InChI is InChI=1S/C22H22N4O3/c1-15-20(21(25-29-15)17-7-5-4-6-8-17)22-24-23-19(28-22)14-26(2)13-16-9-11-18(27-3)12-10-16/h4-12H,13-14H2,1-3H3. The van der Waals surface area contributed by atoms with Gasteiger partial charge in [0.15, 0.2) is 0 Å². The molecule has 4 aromatic rings. The van der Waals surface area contributed by atoms with Crippen LogP contribution in [-0.4, -0.2) is 34.4 Å². The van der Waals surface area contributed by atoms with Crippen molar-refractivity contribution in [1.29, 1.82) is 0 Å². The van der Waals surface area contributed by atoms with Gasteiger partial charge in [-0.2, -0.15) is 0 Å². The number of nitrogens with zero attached hydrogens (tertiary/aromatic N) is 4. The molecule has 148 valence electrons. The summed E-state index contributed by atoms with van der Waals surface area (Å²) in [6.07, 6.45) is 0. The molecule has 0 aliphatic heterocycles. The molecule has 7 nitrogen and oxygen atoms in total. The van der Waals surface area contributed by atoms with Crippen LogP contribution in [0.1, 0.15) is 17.2 Å².